The molecule has 0 radical (unpaired) electrons. The Morgan fingerprint density at radius 1 is 1.38 bits per heavy atom. The summed E-state index contributed by atoms with van der Waals surface area (Å²) >= 11 is 1.90. The fourth-order valence-corrected chi connectivity index (χ4v) is 3.63. The van der Waals surface area contributed by atoms with E-state index in [0.29, 0.717) is 11.3 Å². The van der Waals surface area contributed by atoms with Gasteiger partial charge in [-0.15, -0.1) is 0 Å². The monoisotopic (exact) mass is 202 g/mol. The molecule has 2 atom stereocenters. The fourth-order valence-electron chi connectivity index (χ4n) is 2.13. The summed E-state index contributed by atoms with van der Waals surface area (Å²) in [6, 6.07) is 0. The lowest BCUT2D eigenvalue weighted by molar-refractivity contribution is -0.0279. The molecule has 0 saturated carbocycles. The average Bonchev–Trinajstić information content (AvgIpc) is 2.00. The Bertz CT molecular complexity index is 179. The van der Waals surface area contributed by atoms with Crippen LogP contribution < -0.4 is 0 Å². The van der Waals surface area contributed by atoms with E-state index in [1.165, 1.54) is 5.75 Å². The van der Waals surface area contributed by atoms with Crippen molar-refractivity contribution in [2.75, 3.05) is 11.5 Å². The standard InChI is InChI=1S/C11H22OS/c1-5-9(2)11(12)6-10(3,4)7-13-8-11/h9,12H,5-8H2,1-4H3. The number of aliphatic hydroxyl groups is 1. The first-order valence-electron chi connectivity index (χ1n) is 5.20. The lowest BCUT2D eigenvalue weighted by atomic mass is 9.75. The van der Waals surface area contributed by atoms with Crippen LogP contribution in [0.1, 0.15) is 40.5 Å². The van der Waals surface area contributed by atoms with Crippen LogP contribution in [0.15, 0.2) is 0 Å². The molecular weight excluding hydrogens is 180 g/mol. The molecule has 0 spiro atoms. The molecule has 2 heteroatoms. The van der Waals surface area contributed by atoms with Crippen molar-refractivity contribution in [1.29, 1.82) is 0 Å². The van der Waals surface area contributed by atoms with E-state index >= 15 is 0 Å². The second kappa shape index (κ2) is 3.82. The fraction of sp³-hybridized carbons (Fsp3) is 1.00. The van der Waals surface area contributed by atoms with Gasteiger partial charge in [-0.1, -0.05) is 34.1 Å². The highest BCUT2D eigenvalue weighted by Gasteiger charge is 2.41. The number of thioether (sulfide) groups is 1. The maximum absolute atomic E-state index is 10.5. The third-order valence-corrected chi connectivity index (χ3v) is 4.85. The molecule has 13 heavy (non-hydrogen) atoms. The summed E-state index contributed by atoms with van der Waals surface area (Å²) in [5.74, 6) is 2.54. The molecule has 0 amide bonds. The molecule has 0 aromatic heterocycles. The lowest BCUT2D eigenvalue weighted by Crippen LogP contribution is -2.47. The first kappa shape index (κ1) is 11.4. The van der Waals surface area contributed by atoms with Crippen LogP contribution in [0.5, 0.6) is 0 Å². The zero-order valence-corrected chi connectivity index (χ0v) is 10.1. The van der Waals surface area contributed by atoms with Crippen molar-refractivity contribution in [2.45, 2.75) is 46.1 Å². The van der Waals surface area contributed by atoms with E-state index in [1.807, 2.05) is 11.8 Å². The molecule has 0 aliphatic carbocycles. The highest BCUT2D eigenvalue weighted by Crippen LogP contribution is 2.43. The van der Waals surface area contributed by atoms with Gasteiger partial charge in [0.05, 0.1) is 5.60 Å². The molecule has 1 aliphatic heterocycles. The highest BCUT2D eigenvalue weighted by atomic mass is 32.2. The van der Waals surface area contributed by atoms with E-state index in [-0.39, 0.29) is 0 Å². The SMILES string of the molecule is CCC(C)C1(O)CSCC(C)(C)C1. The predicted octanol–water partition coefficient (Wildman–Crippen LogP) is 2.93. The van der Waals surface area contributed by atoms with E-state index in [2.05, 4.69) is 27.7 Å². The number of rotatable bonds is 2. The zero-order valence-electron chi connectivity index (χ0n) is 9.26. The van der Waals surface area contributed by atoms with Gasteiger partial charge in [-0.25, -0.2) is 0 Å². The first-order valence-corrected chi connectivity index (χ1v) is 6.35. The van der Waals surface area contributed by atoms with Gasteiger partial charge in [0.15, 0.2) is 0 Å². The molecule has 1 saturated heterocycles. The van der Waals surface area contributed by atoms with Crippen molar-refractivity contribution < 1.29 is 5.11 Å². The van der Waals surface area contributed by atoms with Crippen LogP contribution >= 0.6 is 11.8 Å². The maximum atomic E-state index is 10.5. The Morgan fingerprint density at radius 2 is 2.00 bits per heavy atom. The van der Waals surface area contributed by atoms with Crippen LogP contribution in [0.2, 0.25) is 0 Å². The van der Waals surface area contributed by atoms with E-state index in [0.717, 1.165) is 18.6 Å². The van der Waals surface area contributed by atoms with Gasteiger partial charge >= 0.3 is 0 Å². The molecule has 1 aliphatic rings. The summed E-state index contributed by atoms with van der Waals surface area (Å²) in [7, 11) is 0. The van der Waals surface area contributed by atoms with Crippen LogP contribution in [0, 0.1) is 11.3 Å². The minimum Gasteiger partial charge on any atom is -0.389 e. The first-order chi connectivity index (χ1) is 5.90. The Kier molecular flexibility index (Phi) is 3.34. The van der Waals surface area contributed by atoms with Crippen LogP contribution in [-0.2, 0) is 0 Å². The molecule has 1 fully saturated rings. The molecule has 0 bridgehead atoms. The van der Waals surface area contributed by atoms with Crippen LogP contribution in [0.25, 0.3) is 0 Å². The van der Waals surface area contributed by atoms with Gasteiger partial charge in [0, 0.05) is 5.75 Å². The zero-order chi connectivity index (χ0) is 10.1. The summed E-state index contributed by atoms with van der Waals surface area (Å²) in [6.07, 6.45) is 2.04. The van der Waals surface area contributed by atoms with Gasteiger partial charge in [-0.2, -0.15) is 11.8 Å². The van der Waals surface area contributed by atoms with Crippen molar-refractivity contribution in [3.63, 3.8) is 0 Å². The normalized spacial score (nSPS) is 35.8. The summed E-state index contributed by atoms with van der Waals surface area (Å²) in [5, 5.41) is 10.5. The minimum atomic E-state index is -0.416. The van der Waals surface area contributed by atoms with Crippen LogP contribution in [0.3, 0.4) is 0 Å². The average molecular weight is 202 g/mol. The smallest absolute Gasteiger partial charge is 0.0768 e. The van der Waals surface area contributed by atoms with Crippen LogP contribution in [-0.4, -0.2) is 22.2 Å². The largest absolute Gasteiger partial charge is 0.389 e. The Labute approximate surface area is 86.3 Å². The minimum absolute atomic E-state index is 0.307. The van der Waals surface area contributed by atoms with Gasteiger partial charge in [-0.3, -0.25) is 0 Å². The third kappa shape index (κ3) is 2.63. The molecule has 1 N–H and O–H groups in total. The second-order valence-electron chi connectivity index (χ2n) is 5.25. The van der Waals surface area contributed by atoms with Crippen molar-refractivity contribution in [3.8, 4) is 0 Å². The van der Waals surface area contributed by atoms with Gasteiger partial charge in [0.2, 0.25) is 0 Å². The van der Waals surface area contributed by atoms with Gasteiger partial charge in [-0.05, 0) is 23.5 Å². The molecule has 0 aromatic carbocycles. The third-order valence-electron chi connectivity index (χ3n) is 3.16. The van der Waals surface area contributed by atoms with Crippen molar-refractivity contribution >= 4 is 11.8 Å². The Morgan fingerprint density at radius 3 is 2.46 bits per heavy atom. The van der Waals surface area contributed by atoms with Gasteiger partial charge < -0.3 is 5.11 Å². The summed E-state index contributed by atoms with van der Waals surface area (Å²) < 4.78 is 0. The predicted molar refractivity (Wildman–Crippen MR) is 60.1 cm³/mol. The van der Waals surface area contributed by atoms with E-state index in [4.69, 9.17) is 0 Å². The summed E-state index contributed by atoms with van der Waals surface area (Å²) in [5.41, 5.74) is -0.109. The molecule has 1 heterocycles. The molecule has 1 rings (SSSR count). The van der Waals surface area contributed by atoms with Gasteiger partial charge in [0.25, 0.3) is 0 Å². The topological polar surface area (TPSA) is 20.2 Å². The summed E-state index contributed by atoms with van der Waals surface area (Å²) in [4.78, 5) is 0. The highest BCUT2D eigenvalue weighted by molar-refractivity contribution is 7.99. The second-order valence-corrected chi connectivity index (χ2v) is 6.23. The Hall–Kier alpha value is 0.310. The van der Waals surface area contributed by atoms with E-state index in [1.54, 1.807) is 0 Å². The quantitative estimate of drug-likeness (QED) is 0.743. The lowest BCUT2D eigenvalue weighted by Gasteiger charge is -2.44. The van der Waals surface area contributed by atoms with Crippen molar-refractivity contribution in [3.05, 3.63) is 0 Å². The number of hydrogen-bond acceptors (Lipinski definition) is 2. The number of hydrogen-bond donors (Lipinski definition) is 1. The van der Waals surface area contributed by atoms with Crippen molar-refractivity contribution in [2.24, 2.45) is 11.3 Å². The van der Waals surface area contributed by atoms with E-state index < -0.39 is 5.60 Å². The molecular formula is C11H22OS. The van der Waals surface area contributed by atoms with Crippen LogP contribution in [0.4, 0.5) is 0 Å². The molecule has 0 aromatic rings. The van der Waals surface area contributed by atoms with Gasteiger partial charge in [0.1, 0.15) is 0 Å². The van der Waals surface area contributed by atoms with E-state index in [9.17, 15) is 5.11 Å². The summed E-state index contributed by atoms with van der Waals surface area (Å²) in [6.45, 7) is 8.84. The Balaban J connectivity index is 2.68. The molecule has 1 nitrogen and oxygen atoms in total. The maximum Gasteiger partial charge on any atom is 0.0768 e. The van der Waals surface area contributed by atoms with Crippen molar-refractivity contribution in [1.82, 2.24) is 0 Å². The molecule has 78 valence electrons. The molecule has 2 unspecified atom stereocenters.